The molecule has 1 saturated heterocycles. The number of carbonyl (C=O) groups is 2. The highest BCUT2D eigenvalue weighted by molar-refractivity contribution is 5.77. The number of anilines is 1. The first-order valence-electron chi connectivity index (χ1n) is 9.66. The van der Waals surface area contributed by atoms with Crippen molar-refractivity contribution in [3.05, 3.63) is 65.5 Å². The van der Waals surface area contributed by atoms with Gasteiger partial charge in [-0.05, 0) is 48.6 Å². The van der Waals surface area contributed by atoms with Crippen LogP contribution in [0.5, 0.6) is 0 Å². The summed E-state index contributed by atoms with van der Waals surface area (Å²) in [6.07, 6.45) is 2.44. The van der Waals surface area contributed by atoms with Gasteiger partial charge in [0.15, 0.2) is 0 Å². The Labute approximate surface area is 164 Å². The number of aryl methyl sites for hydroxylation is 1. The summed E-state index contributed by atoms with van der Waals surface area (Å²) in [5.41, 5.74) is 8.04. The van der Waals surface area contributed by atoms with Gasteiger partial charge in [0, 0.05) is 31.7 Å². The summed E-state index contributed by atoms with van der Waals surface area (Å²) in [4.78, 5) is 25.6. The minimum Gasteiger partial charge on any atom is -0.371 e. The van der Waals surface area contributed by atoms with Gasteiger partial charge in [0.25, 0.3) is 0 Å². The van der Waals surface area contributed by atoms with Gasteiger partial charge in [-0.25, -0.2) is 4.39 Å². The van der Waals surface area contributed by atoms with Crippen LogP contribution >= 0.6 is 0 Å². The first kappa shape index (κ1) is 19.9. The highest BCUT2D eigenvalue weighted by Crippen LogP contribution is 2.23. The molecule has 0 aromatic heterocycles. The van der Waals surface area contributed by atoms with Gasteiger partial charge in [-0.15, -0.1) is 0 Å². The van der Waals surface area contributed by atoms with E-state index in [-0.39, 0.29) is 30.0 Å². The quantitative estimate of drug-likeness (QED) is 0.772. The molecule has 0 spiro atoms. The number of piperidine rings is 1. The fourth-order valence-electron chi connectivity index (χ4n) is 3.51. The van der Waals surface area contributed by atoms with Gasteiger partial charge >= 0.3 is 0 Å². The smallest absolute Gasteiger partial charge is 0.222 e. The van der Waals surface area contributed by atoms with Crippen molar-refractivity contribution in [3.63, 3.8) is 0 Å². The number of hydrogen-bond acceptors (Lipinski definition) is 3. The standard InChI is InChI=1S/C22H26FN3O2/c23-20-6-2-1-4-17(20)9-12-21(27)25-14-16-7-10-19(11-8-16)26-13-3-5-18(15-26)22(24)28/h1-2,4,6-8,10-11,18H,3,5,9,12-15H2,(H2,24,28)(H,25,27). The lowest BCUT2D eigenvalue weighted by Gasteiger charge is -2.33. The topological polar surface area (TPSA) is 75.4 Å². The summed E-state index contributed by atoms with van der Waals surface area (Å²) in [6.45, 7) is 2.00. The van der Waals surface area contributed by atoms with Crippen molar-refractivity contribution < 1.29 is 14.0 Å². The Morgan fingerprint density at radius 3 is 2.61 bits per heavy atom. The molecule has 2 amide bonds. The maximum atomic E-state index is 13.6. The monoisotopic (exact) mass is 383 g/mol. The molecule has 1 aliphatic rings. The Hall–Kier alpha value is -2.89. The van der Waals surface area contributed by atoms with E-state index in [0.717, 1.165) is 30.6 Å². The van der Waals surface area contributed by atoms with Gasteiger partial charge in [0.1, 0.15) is 5.82 Å². The second-order valence-corrected chi connectivity index (χ2v) is 7.22. The molecule has 2 aromatic rings. The van der Waals surface area contributed by atoms with Gasteiger partial charge < -0.3 is 16.0 Å². The van der Waals surface area contributed by atoms with Crippen LogP contribution in [-0.2, 0) is 22.6 Å². The molecule has 3 rings (SSSR count). The van der Waals surface area contributed by atoms with Crippen LogP contribution in [0, 0.1) is 11.7 Å². The number of carbonyl (C=O) groups excluding carboxylic acids is 2. The SMILES string of the molecule is NC(=O)C1CCCN(c2ccc(CNC(=O)CCc3ccccc3F)cc2)C1. The van der Waals surface area contributed by atoms with Crippen molar-refractivity contribution in [2.75, 3.05) is 18.0 Å². The lowest BCUT2D eigenvalue weighted by Crippen LogP contribution is -2.41. The number of primary amides is 1. The van der Waals surface area contributed by atoms with Crippen LogP contribution in [-0.4, -0.2) is 24.9 Å². The van der Waals surface area contributed by atoms with Crippen molar-refractivity contribution in [3.8, 4) is 0 Å². The molecular formula is C22H26FN3O2. The lowest BCUT2D eigenvalue weighted by atomic mass is 9.97. The molecule has 0 aliphatic carbocycles. The van der Waals surface area contributed by atoms with Gasteiger partial charge in [-0.1, -0.05) is 30.3 Å². The van der Waals surface area contributed by atoms with Gasteiger partial charge in [0.05, 0.1) is 5.92 Å². The molecule has 1 atom stereocenters. The molecule has 28 heavy (non-hydrogen) atoms. The molecule has 0 radical (unpaired) electrons. The zero-order chi connectivity index (χ0) is 19.9. The van der Waals surface area contributed by atoms with Crippen molar-refractivity contribution >= 4 is 17.5 Å². The van der Waals surface area contributed by atoms with E-state index >= 15 is 0 Å². The highest BCUT2D eigenvalue weighted by Gasteiger charge is 2.24. The summed E-state index contributed by atoms with van der Waals surface area (Å²) in [5.74, 6) is -0.712. The molecule has 6 heteroatoms. The van der Waals surface area contributed by atoms with Crippen LogP contribution in [0.4, 0.5) is 10.1 Å². The molecule has 3 N–H and O–H groups in total. The minimum atomic E-state index is -0.276. The normalized spacial score (nSPS) is 16.6. The van der Waals surface area contributed by atoms with E-state index in [9.17, 15) is 14.0 Å². The van der Waals surface area contributed by atoms with Crippen LogP contribution in [0.15, 0.2) is 48.5 Å². The lowest BCUT2D eigenvalue weighted by molar-refractivity contribution is -0.122. The Kier molecular flexibility index (Phi) is 6.63. The van der Waals surface area contributed by atoms with Crippen molar-refractivity contribution in [2.45, 2.75) is 32.2 Å². The predicted molar refractivity (Wildman–Crippen MR) is 107 cm³/mol. The zero-order valence-electron chi connectivity index (χ0n) is 15.9. The fourth-order valence-corrected chi connectivity index (χ4v) is 3.51. The third-order valence-electron chi connectivity index (χ3n) is 5.19. The third kappa shape index (κ3) is 5.31. The van der Waals surface area contributed by atoms with Crippen LogP contribution in [0.3, 0.4) is 0 Å². The molecule has 0 bridgehead atoms. The van der Waals surface area contributed by atoms with E-state index in [1.165, 1.54) is 6.07 Å². The number of benzene rings is 2. The Morgan fingerprint density at radius 1 is 1.14 bits per heavy atom. The van der Waals surface area contributed by atoms with E-state index in [4.69, 9.17) is 5.73 Å². The average Bonchev–Trinajstić information content (AvgIpc) is 2.72. The maximum Gasteiger partial charge on any atom is 0.222 e. The number of nitrogens with two attached hydrogens (primary N) is 1. The molecule has 2 aromatic carbocycles. The van der Waals surface area contributed by atoms with E-state index in [0.29, 0.717) is 25.1 Å². The molecule has 0 saturated carbocycles. The Bertz CT molecular complexity index is 823. The van der Waals surface area contributed by atoms with E-state index in [1.807, 2.05) is 24.3 Å². The van der Waals surface area contributed by atoms with Crippen molar-refractivity contribution in [1.29, 1.82) is 0 Å². The number of amides is 2. The molecular weight excluding hydrogens is 357 g/mol. The van der Waals surface area contributed by atoms with E-state index in [2.05, 4.69) is 10.2 Å². The summed E-state index contributed by atoms with van der Waals surface area (Å²) >= 11 is 0. The summed E-state index contributed by atoms with van der Waals surface area (Å²) in [7, 11) is 0. The third-order valence-corrected chi connectivity index (χ3v) is 5.19. The molecule has 1 unspecified atom stereocenters. The van der Waals surface area contributed by atoms with Gasteiger partial charge in [-0.3, -0.25) is 9.59 Å². The second kappa shape index (κ2) is 9.35. The summed E-state index contributed by atoms with van der Waals surface area (Å²) < 4.78 is 13.6. The van der Waals surface area contributed by atoms with Crippen LogP contribution in [0.1, 0.15) is 30.4 Å². The van der Waals surface area contributed by atoms with Crippen molar-refractivity contribution in [2.24, 2.45) is 11.7 Å². The molecule has 1 heterocycles. The summed E-state index contributed by atoms with van der Waals surface area (Å²) in [6, 6.07) is 14.5. The van der Waals surface area contributed by atoms with Gasteiger partial charge in [-0.2, -0.15) is 0 Å². The number of nitrogens with zero attached hydrogens (tertiary/aromatic N) is 1. The Morgan fingerprint density at radius 2 is 1.89 bits per heavy atom. The molecule has 148 valence electrons. The zero-order valence-corrected chi connectivity index (χ0v) is 15.9. The van der Waals surface area contributed by atoms with E-state index in [1.54, 1.807) is 18.2 Å². The van der Waals surface area contributed by atoms with Crippen molar-refractivity contribution in [1.82, 2.24) is 5.32 Å². The molecule has 1 fully saturated rings. The van der Waals surface area contributed by atoms with Crippen LogP contribution < -0.4 is 16.0 Å². The largest absolute Gasteiger partial charge is 0.371 e. The first-order chi connectivity index (χ1) is 13.5. The van der Waals surface area contributed by atoms with Gasteiger partial charge in [0.2, 0.25) is 11.8 Å². The minimum absolute atomic E-state index is 0.0952. The average molecular weight is 383 g/mol. The maximum absolute atomic E-state index is 13.6. The highest BCUT2D eigenvalue weighted by atomic mass is 19.1. The first-order valence-corrected chi connectivity index (χ1v) is 9.66. The molecule has 1 aliphatic heterocycles. The number of rotatable bonds is 7. The number of hydrogen-bond donors (Lipinski definition) is 2. The molecule has 5 nitrogen and oxygen atoms in total. The fraction of sp³-hybridized carbons (Fsp3) is 0.364. The van der Waals surface area contributed by atoms with Crippen LogP contribution in [0.2, 0.25) is 0 Å². The summed E-state index contributed by atoms with van der Waals surface area (Å²) in [5, 5.41) is 2.87. The second-order valence-electron chi connectivity index (χ2n) is 7.22. The predicted octanol–water partition coefficient (Wildman–Crippen LogP) is 2.78. The number of halogens is 1. The van der Waals surface area contributed by atoms with Crippen LogP contribution in [0.25, 0.3) is 0 Å². The van der Waals surface area contributed by atoms with E-state index < -0.39 is 0 Å². The Balaban J connectivity index is 1.47. The number of nitrogens with one attached hydrogen (secondary N) is 1.